The first-order valence-electron chi connectivity index (χ1n) is 10.6. The number of fused-ring (bicyclic) bond motifs is 4. The van der Waals surface area contributed by atoms with Crippen LogP contribution in [-0.2, 0) is 6.18 Å². The summed E-state index contributed by atoms with van der Waals surface area (Å²) in [7, 11) is 0. The van der Waals surface area contributed by atoms with Gasteiger partial charge in [0.05, 0.1) is 35.2 Å². The molecule has 2 aromatic heterocycles. The fourth-order valence-electron chi connectivity index (χ4n) is 3.67. The van der Waals surface area contributed by atoms with Gasteiger partial charge in [-0.1, -0.05) is 6.07 Å². The van der Waals surface area contributed by atoms with Gasteiger partial charge in [-0.25, -0.2) is 9.97 Å². The zero-order chi connectivity index (χ0) is 24.4. The summed E-state index contributed by atoms with van der Waals surface area (Å²) >= 11 is 0. The molecule has 1 amide bonds. The summed E-state index contributed by atoms with van der Waals surface area (Å²) in [6.07, 6.45) is -1.59. The van der Waals surface area contributed by atoms with Gasteiger partial charge < -0.3 is 15.4 Å². The Labute approximate surface area is 178 Å². The number of likely N-dealkylation sites (N-methyl/N-ethyl adjacent to an activating group) is 1. The molecule has 158 valence electrons. The Kier molecular flexibility index (Phi) is 3.39. The second kappa shape index (κ2) is 6.59. The molecule has 0 unspecified atom stereocenters. The summed E-state index contributed by atoms with van der Waals surface area (Å²) in [6, 6.07) is 6.10. The molecule has 1 aliphatic rings. The molecule has 3 heterocycles. The molecule has 0 bridgehead atoms. The molecule has 4 aromatic rings. The van der Waals surface area contributed by atoms with Crippen molar-refractivity contribution in [1.82, 2.24) is 19.3 Å². The van der Waals surface area contributed by atoms with Crippen molar-refractivity contribution in [2.75, 3.05) is 19.3 Å². The number of benzene rings is 2. The molecule has 0 saturated heterocycles. The van der Waals surface area contributed by atoms with E-state index in [1.165, 1.54) is 30.7 Å². The number of aromatic nitrogens is 3. The summed E-state index contributed by atoms with van der Waals surface area (Å²) in [5.41, 5.74) is 6.70. The third-order valence-electron chi connectivity index (χ3n) is 5.25. The normalized spacial score (nSPS) is 17.6. The quantitative estimate of drug-likeness (QED) is 0.524. The van der Waals surface area contributed by atoms with Crippen LogP contribution in [-0.4, -0.2) is 38.8 Å². The Morgan fingerprint density at radius 3 is 2.90 bits per heavy atom. The van der Waals surface area contributed by atoms with Crippen LogP contribution in [0.4, 0.5) is 19.0 Å². The van der Waals surface area contributed by atoms with Crippen molar-refractivity contribution in [1.29, 1.82) is 0 Å². The molecular formula is C21H16F3N5O2. The number of carbonyl (C=O) groups is 1. The Morgan fingerprint density at radius 2 is 2.13 bits per heavy atom. The standard InChI is InChI=1S/C21H16F3N5O2/c1-28(17-9-31-18-7-12(21(22,23)24)3-4-13(17)18)20(30)11-2-5-14-15(6-11)29-10-26-8-16(29)19(25)27-14/h2-8,10,17H,9H2,1H3,(H2,25,27)/t17-/m1/s1/i1D3. The molecule has 7 nitrogen and oxygen atoms in total. The van der Waals surface area contributed by atoms with Crippen molar-refractivity contribution in [3.63, 3.8) is 0 Å². The molecule has 31 heavy (non-hydrogen) atoms. The second-order valence-electron chi connectivity index (χ2n) is 7.10. The maximum absolute atomic E-state index is 13.5. The van der Waals surface area contributed by atoms with Crippen LogP contribution in [0.25, 0.3) is 16.6 Å². The molecule has 0 saturated carbocycles. The number of hydrogen-bond acceptors (Lipinski definition) is 5. The smallest absolute Gasteiger partial charge is 0.416 e. The van der Waals surface area contributed by atoms with Gasteiger partial charge in [-0.15, -0.1) is 0 Å². The Morgan fingerprint density at radius 1 is 1.29 bits per heavy atom. The maximum atomic E-state index is 13.5. The van der Waals surface area contributed by atoms with Crippen LogP contribution in [0.15, 0.2) is 48.9 Å². The van der Waals surface area contributed by atoms with Crippen LogP contribution in [0.3, 0.4) is 0 Å². The molecule has 1 aliphatic heterocycles. The van der Waals surface area contributed by atoms with Gasteiger partial charge in [0.15, 0.2) is 0 Å². The number of carbonyl (C=O) groups excluding carboxylic acids is 1. The van der Waals surface area contributed by atoms with Crippen LogP contribution in [0, 0.1) is 0 Å². The average Bonchev–Trinajstić information content (AvgIpc) is 3.40. The Hall–Kier alpha value is -3.82. The minimum atomic E-state index is -4.59. The number of anilines is 1. The predicted molar refractivity (Wildman–Crippen MR) is 107 cm³/mol. The summed E-state index contributed by atoms with van der Waals surface area (Å²) in [4.78, 5) is 22.4. The van der Waals surface area contributed by atoms with Gasteiger partial charge >= 0.3 is 6.18 Å². The maximum Gasteiger partial charge on any atom is 0.416 e. The van der Waals surface area contributed by atoms with E-state index < -0.39 is 30.7 Å². The highest BCUT2D eigenvalue weighted by Gasteiger charge is 2.36. The van der Waals surface area contributed by atoms with Crippen molar-refractivity contribution in [3.8, 4) is 5.75 Å². The molecule has 0 aliphatic carbocycles. The predicted octanol–water partition coefficient (Wildman–Crippen LogP) is 3.69. The largest absolute Gasteiger partial charge is 0.491 e. The number of halogens is 3. The van der Waals surface area contributed by atoms with Crippen LogP contribution in [0.5, 0.6) is 5.75 Å². The highest BCUT2D eigenvalue weighted by molar-refractivity contribution is 5.98. The number of ether oxygens (including phenoxy) is 1. The number of hydrogen-bond donors (Lipinski definition) is 1. The first-order chi connectivity index (χ1) is 15.9. The molecule has 2 aromatic carbocycles. The zero-order valence-electron chi connectivity index (χ0n) is 18.7. The summed E-state index contributed by atoms with van der Waals surface area (Å²) < 4.78 is 70.1. The Balaban J connectivity index is 1.58. The number of imidazole rings is 1. The highest BCUT2D eigenvalue weighted by atomic mass is 19.4. The molecule has 0 fully saturated rings. The van der Waals surface area contributed by atoms with Crippen molar-refractivity contribution in [2.45, 2.75) is 12.2 Å². The van der Waals surface area contributed by atoms with E-state index in [1.54, 1.807) is 4.40 Å². The topological polar surface area (TPSA) is 85.8 Å². The first-order valence-corrected chi connectivity index (χ1v) is 9.14. The number of rotatable bonds is 2. The molecule has 1 atom stereocenters. The van der Waals surface area contributed by atoms with Gasteiger partial charge in [0.2, 0.25) is 0 Å². The van der Waals surface area contributed by atoms with Crippen LogP contribution in [0.1, 0.15) is 31.6 Å². The zero-order valence-corrected chi connectivity index (χ0v) is 15.7. The average molecular weight is 430 g/mol. The van der Waals surface area contributed by atoms with Gasteiger partial charge in [-0.05, 0) is 30.3 Å². The van der Waals surface area contributed by atoms with Gasteiger partial charge in [0.1, 0.15) is 23.7 Å². The van der Waals surface area contributed by atoms with E-state index in [2.05, 4.69) is 9.97 Å². The lowest BCUT2D eigenvalue weighted by Crippen LogP contribution is -2.32. The van der Waals surface area contributed by atoms with Crippen molar-refractivity contribution in [2.24, 2.45) is 0 Å². The molecular weight excluding hydrogens is 411 g/mol. The van der Waals surface area contributed by atoms with E-state index in [0.717, 1.165) is 18.2 Å². The number of nitrogens with two attached hydrogens (primary N) is 1. The van der Waals surface area contributed by atoms with Crippen molar-refractivity contribution < 1.29 is 26.8 Å². The number of nitrogens with zero attached hydrogens (tertiary/aromatic N) is 4. The molecule has 5 rings (SSSR count). The Bertz CT molecular complexity index is 1450. The van der Waals surface area contributed by atoms with E-state index in [0.29, 0.717) is 21.5 Å². The van der Waals surface area contributed by atoms with Crippen molar-refractivity contribution in [3.05, 3.63) is 65.6 Å². The van der Waals surface area contributed by atoms with E-state index in [4.69, 9.17) is 14.6 Å². The van der Waals surface area contributed by atoms with E-state index >= 15 is 0 Å². The molecule has 0 radical (unpaired) electrons. The minimum absolute atomic E-state index is 0.0468. The molecule has 2 N–H and O–H groups in total. The van der Waals surface area contributed by atoms with E-state index in [-0.39, 0.29) is 29.3 Å². The lowest BCUT2D eigenvalue weighted by molar-refractivity contribution is -0.137. The third-order valence-corrected chi connectivity index (χ3v) is 5.25. The highest BCUT2D eigenvalue weighted by Crippen LogP contribution is 2.40. The van der Waals surface area contributed by atoms with E-state index in [9.17, 15) is 18.0 Å². The molecule has 0 spiro atoms. The SMILES string of the molecule is [2H]C([2H])([2H])N(C(=O)c1ccc2nc(N)c3cncn3c2c1)[C@@H]1COc2cc(C(F)(F)F)ccc21. The minimum Gasteiger partial charge on any atom is -0.491 e. The van der Waals surface area contributed by atoms with Crippen LogP contribution >= 0.6 is 0 Å². The lowest BCUT2D eigenvalue weighted by Gasteiger charge is -2.24. The molecule has 10 heteroatoms. The lowest BCUT2D eigenvalue weighted by atomic mass is 10.0. The van der Waals surface area contributed by atoms with Gasteiger partial charge in [0.25, 0.3) is 5.91 Å². The fraction of sp³-hybridized carbons (Fsp3) is 0.190. The van der Waals surface area contributed by atoms with Crippen LogP contribution < -0.4 is 10.5 Å². The van der Waals surface area contributed by atoms with Gasteiger partial charge in [0, 0.05) is 22.2 Å². The summed E-state index contributed by atoms with van der Waals surface area (Å²) in [5.74, 6) is -0.709. The van der Waals surface area contributed by atoms with Crippen LogP contribution in [0.2, 0.25) is 0 Å². The number of alkyl halides is 3. The summed E-state index contributed by atoms with van der Waals surface area (Å²) in [5, 5.41) is 0. The fourth-order valence-corrected chi connectivity index (χ4v) is 3.67. The first kappa shape index (κ1) is 15.9. The van der Waals surface area contributed by atoms with Crippen molar-refractivity contribution >= 4 is 28.3 Å². The monoisotopic (exact) mass is 430 g/mol. The van der Waals surface area contributed by atoms with E-state index in [1.807, 2.05) is 0 Å². The third kappa shape index (κ3) is 3.02. The number of nitrogen functional groups attached to an aromatic ring is 1. The number of amides is 1. The van der Waals surface area contributed by atoms with Gasteiger partial charge in [-0.2, -0.15) is 13.2 Å². The summed E-state index contributed by atoms with van der Waals surface area (Å²) in [6.45, 7) is -3.19. The second-order valence-corrected chi connectivity index (χ2v) is 7.10. The van der Waals surface area contributed by atoms with Gasteiger partial charge in [-0.3, -0.25) is 9.20 Å².